The molecule has 3 aliphatic rings. The van der Waals surface area contributed by atoms with Crippen molar-refractivity contribution < 1.29 is 0 Å². The van der Waals surface area contributed by atoms with Gasteiger partial charge in [0.25, 0.3) is 0 Å². The van der Waals surface area contributed by atoms with Crippen molar-refractivity contribution in [2.24, 2.45) is 22.2 Å². The molecule has 1 spiro atoms. The molecule has 0 aromatic rings. The number of hydrogen-bond acceptors (Lipinski definition) is 0. The Bertz CT molecular complexity index is 336. The van der Waals surface area contributed by atoms with Gasteiger partial charge in [0.2, 0.25) is 0 Å². The maximum atomic E-state index is 2.57. The number of rotatable bonds is 0. The van der Waals surface area contributed by atoms with E-state index in [1.807, 2.05) is 0 Å². The van der Waals surface area contributed by atoms with Crippen LogP contribution >= 0.6 is 0 Å². The van der Waals surface area contributed by atoms with Crippen molar-refractivity contribution in [2.45, 2.75) is 59.8 Å². The fourth-order valence-electron chi connectivity index (χ4n) is 5.49. The molecule has 0 heteroatoms. The summed E-state index contributed by atoms with van der Waals surface area (Å²) in [6, 6.07) is 0. The van der Waals surface area contributed by atoms with E-state index in [1.54, 1.807) is 5.57 Å². The predicted molar refractivity (Wildman–Crippen MR) is 64.7 cm³/mol. The van der Waals surface area contributed by atoms with Crippen LogP contribution in [0.2, 0.25) is 0 Å². The predicted octanol–water partition coefficient (Wildman–Crippen LogP) is 4.56. The largest absolute Gasteiger partial charge is 0.0850 e. The molecule has 3 rings (SSSR count). The van der Waals surface area contributed by atoms with Gasteiger partial charge >= 0.3 is 0 Å². The molecule has 0 nitrogen and oxygen atoms in total. The number of hydrogen-bond donors (Lipinski definition) is 0. The van der Waals surface area contributed by atoms with Gasteiger partial charge in [0.1, 0.15) is 0 Å². The first kappa shape index (κ1) is 9.93. The molecule has 2 fully saturated rings. The van der Waals surface area contributed by atoms with Gasteiger partial charge in [-0.2, -0.15) is 0 Å². The molecule has 0 aromatic heterocycles. The molecule has 0 heterocycles. The highest BCUT2D eigenvalue weighted by molar-refractivity contribution is 5.32. The minimum absolute atomic E-state index is 0.615. The van der Waals surface area contributed by atoms with Gasteiger partial charge < -0.3 is 0 Å². The van der Waals surface area contributed by atoms with Crippen molar-refractivity contribution in [1.29, 1.82) is 0 Å². The summed E-state index contributed by atoms with van der Waals surface area (Å²) in [6.45, 7) is 9.94. The summed E-state index contributed by atoms with van der Waals surface area (Å²) in [5.74, 6) is 0.978. The summed E-state index contributed by atoms with van der Waals surface area (Å²) in [5, 5.41) is 0. The van der Waals surface area contributed by atoms with Crippen LogP contribution in [0, 0.1) is 22.2 Å². The third-order valence-electron chi connectivity index (χ3n) is 6.18. The maximum Gasteiger partial charge on any atom is 0.000146 e. The zero-order valence-electron chi connectivity index (χ0n) is 10.7. The lowest BCUT2D eigenvalue weighted by molar-refractivity contribution is -0.118. The molecular formula is C15H24. The van der Waals surface area contributed by atoms with Crippen LogP contribution < -0.4 is 0 Å². The Labute approximate surface area is 94.1 Å². The second kappa shape index (κ2) is 2.52. The van der Waals surface area contributed by atoms with Crippen molar-refractivity contribution in [2.75, 3.05) is 0 Å². The lowest BCUT2D eigenvalue weighted by Crippen LogP contribution is -2.58. The lowest BCUT2D eigenvalue weighted by atomic mass is 9.39. The van der Waals surface area contributed by atoms with Crippen molar-refractivity contribution in [1.82, 2.24) is 0 Å². The normalized spacial score (nSPS) is 51.5. The molecule has 0 N–H and O–H groups in total. The van der Waals surface area contributed by atoms with Gasteiger partial charge in [-0.25, -0.2) is 0 Å². The SMILES string of the molecule is CC1=CCC[C@]2(C)CC[C@@H]3C(C)(C)C[C@@]132. The molecular weight excluding hydrogens is 180 g/mol. The third-order valence-corrected chi connectivity index (χ3v) is 6.18. The van der Waals surface area contributed by atoms with Gasteiger partial charge in [0, 0.05) is 5.41 Å². The Hall–Kier alpha value is -0.260. The fourth-order valence-corrected chi connectivity index (χ4v) is 5.49. The standard InChI is InChI=1S/C15H24/c1-11-6-5-8-14(4)9-7-12-13(2,3)10-15(11,12)14/h6,12H,5,7-10H2,1-4H3/t12-,14-,15-/m1/s1. The van der Waals surface area contributed by atoms with Crippen LogP contribution in [0.3, 0.4) is 0 Å². The molecule has 0 saturated heterocycles. The molecule has 0 amide bonds. The lowest BCUT2D eigenvalue weighted by Gasteiger charge is -2.65. The topological polar surface area (TPSA) is 0 Å². The van der Waals surface area contributed by atoms with E-state index in [-0.39, 0.29) is 0 Å². The van der Waals surface area contributed by atoms with Crippen molar-refractivity contribution in [3.63, 3.8) is 0 Å². The van der Waals surface area contributed by atoms with E-state index in [4.69, 9.17) is 0 Å². The van der Waals surface area contributed by atoms with Crippen LogP contribution in [-0.2, 0) is 0 Å². The van der Waals surface area contributed by atoms with Crippen molar-refractivity contribution in [3.8, 4) is 0 Å². The second-order valence-corrected chi connectivity index (χ2v) is 7.21. The average molecular weight is 204 g/mol. The highest BCUT2D eigenvalue weighted by Crippen LogP contribution is 2.78. The minimum atomic E-state index is 0.615. The van der Waals surface area contributed by atoms with Crippen LogP contribution in [0.5, 0.6) is 0 Å². The second-order valence-electron chi connectivity index (χ2n) is 7.21. The molecule has 3 atom stereocenters. The van der Waals surface area contributed by atoms with Gasteiger partial charge in [-0.3, -0.25) is 0 Å². The Balaban J connectivity index is 2.09. The maximum absolute atomic E-state index is 2.57. The molecule has 15 heavy (non-hydrogen) atoms. The van der Waals surface area contributed by atoms with E-state index in [9.17, 15) is 0 Å². The van der Waals surface area contributed by atoms with E-state index in [2.05, 4.69) is 33.8 Å². The summed E-state index contributed by atoms with van der Waals surface area (Å²) in [4.78, 5) is 0. The van der Waals surface area contributed by atoms with Gasteiger partial charge in [-0.05, 0) is 55.8 Å². The average Bonchev–Trinajstić information content (AvgIpc) is 2.37. The van der Waals surface area contributed by atoms with Gasteiger partial charge in [0.05, 0.1) is 0 Å². The van der Waals surface area contributed by atoms with Gasteiger partial charge in [0.15, 0.2) is 0 Å². The third kappa shape index (κ3) is 0.905. The first-order valence-electron chi connectivity index (χ1n) is 6.60. The highest BCUT2D eigenvalue weighted by Gasteiger charge is 2.69. The van der Waals surface area contributed by atoms with Crippen LogP contribution in [0.4, 0.5) is 0 Å². The summed E-state index contributed by atoms with van der Waals surface area (Å²) >= 11 is 0. The zero-order valence-corrected chi connectivity index (χ0v) is 10.7. The highest BCUT2D eigenvalue weighted by atomic mass is 14.7. The van der Waals surface area contributed by atoms with Gasteiger partial charge in [-0.15, -0.1) is 0 Å². The van der Waals surface area contributed by atoms with Crippen LogP contribution in [0.1, 0.15) is 59.8 Å². The fraction of sp³-hybridized carbons (Fsp3) is 0.867. The molecule has 2 saturated carbocycles. The minimum Gasteiger partial charge on any atom is -0.0850 e. The van der Waals surface area contributed by atoms with E-state index in [1.165, 1.54) is 32.1 Å². The van der Waals surface area contributed by atoms with Crippen molar-refractivity contribution >= 4 is 0 Å². The Morgan fingerprint density at radius 1 is 1.20 bits per heavy atom. The van der Waals surface area contributed by atoms with Crippen LogP contribution in [0.25, 0.3) is 0 Å². The smallest absolute Gasteiger partial charge is 0.000146 e. The molecule has 0 unspecified atom stereocenters. The molecule has 0 bridgehead atoms. The van der Waals surface area contributed by atoms with E-state index in [0.717, 1.165) is 5.92 Å². The molecule has 0 radical (unpaired) electrons. The monoisotopic (exact) mass is 204 g/mol. The molecule has 84 valence electrons. The Kier molecular flexibility index (Phi) is 1.67. The van der Waals surface area contributed by atoms with Crippen molar-refractivity contribution in [3.05, 3.63) is 11.6 Å². The summed E-state index contributed by atoms with van der Waals surface area (Å²) in [6.07, 6.45) is 9.72. The molecule has 3 aliphatic carbocycles. The zero-order chi connectivity index (χ0) is 10.9. The van der Waals surface area contributed by atoms with E-state index in [0.29, 0.717) is 16.2 Å². The Morgan fingerprint density at radius 2 is 1.93 bits per heavy atom. The van der Waals surface area contributed by atoms with Crippen LogP contribution in [-0.4, -0.2) is 0 Å². The molecule has 0 aromatic carbocycles. The van der Waals surface area contributed by atoms with Gasteiger partial charge in [-0.1, -0.05) is 32.4 Å². The van der Waals surface area contributed by atoms with E-state index < -0.39 is 0 Å². The quantitative estimate of drug-likeness (QED) is 0.507. The van der Waals surface area contributed by atoms with E-state index >= 15 is 0 Å². The first-order valence-corrected chi connectivity index (χ1v) is 6.60. The number of allylic oxidation sites excluding steroid dienone is 2. The molecule has 0 aliphatic heterocycles. The Morgan fingerprint density at radius 3 is 2.60 bits per heavy atom. The summed E-state index contributed by atoms with van der Waals surface area (Å²) in [5.41, 5.74) is 3.61. The first-order chi connectivity index (χ1) is 6.92. The van der Waals surface area contributed by atoms with Crippen LogP contribution in [0.15, 0.2) is 11.6 Å². The summed E-state index contributed by atoms with van der Waals surface area (Å²) < 4.78 is 0. The summed E-state index contributed by atoms with van der Waals surface area (Å²) in [7, 11) is 0.